The Morgan fingerprint density at radius 2 is 2.00 bits per heavy atom. The van der Waals surface area contributed by atoms with E-state index in [-0.39, 0.29) is 0 Å². The number of allylic oxidation sites excluding steroid dienone is 1. The Kier molecular flexibility index (Phi) is 5.16. The Hall–Kier alpha value is -0.370. The highest BCUT2D eigenvalue weighted by Crippen LogP contribution is 2.24. The number of hydrogen-bond acceptors (Lipinski definition) is 1. The molecule has 0 atom stereocenters. The summed E-state index contributed by atoms with van der Waals surface area (Å²) in [5, 5.41) is 4.40. The van der Waals surface area contributed by atoms with Crippen molar-refractivity contribution in [3.05, 3.63) is 40.4 Å². The standard InChI is InChI=1S/C10H10Cl3N/c11-5-1-2-6-14-10-4-3-8(12)7-9(10)13/h1-4,7,14H,5-6H2/b2-1+. The maximum Gasteiger partial charge on any atom is 0.0652 e. The summed E-state index contributed by atoms with van der Waals surface area (Å²) in [5.74, 6) is 0.524. The van der Waals surface area contributed by atoms with Gasteiger partial charge in [-0.15, -0.1) is 11.6 Å². The van der Waals surface area contributed by atoms with Crippen LogP contribution in [0.5, 0.6) is 0 Å². The van der Waals surface area contributed by atoms with Crippen LogP contribution in [0.3, 0.4) is 0 Å². The van der Waals surface area contributed by atoms with Gasteiger partial charge >= 0.3 is 0 Å². The molecule has 1 nitrogen and oxygen atoms in total. The normalized spacial score (nSPS) is 10.8. The number of halogens is 3. The van der Waals surface area contributed by atoms with Crippen LogP contribution >= 0.6 is 34.8 Å². The molecule has 4 heteroatoms. The van der Waals surface area contributed by atoms with Gasteiger partial charge in [0.2, 0.25) is 0 Å². The average Bonchev–Trinajstić information content (AvgIpc) is 2.15. The molecule has 76 valence electrons. The van der Waals surface area contributed by atoms with Gasteiger partial charge in [-0.25, -0.2) is 0 Å². The molecule has 1 N–H and O–H groups in total. The third-order valence-corrected chi connectivity index (χ3v) is 2.32. The van der Waals surface area contributed by atoms with Crippen LogP contribution in [0.15, 0.2) is 30.4 Å². The Morgan fingerprint density at radius 3 is 2.64 bits per heavy atom. The molecule has 0 amide bonds. The van der Waals surface area contributed by atoms with E-state index in [4.69, 9.17) is 34.8 Å². The number of rotatable bonds is 4. The zero-order valence-electron chi connectivity index (χ0n) is 7.43. The van der Waals surface area contributed by atoms with Crippen molar-refractivity contribution < 1.29 is 0 Å². The predicted molar refractivity (Wildman–Crippen MR) is 64.8 cm³/mol. The van der Waals surface area contributed by atoms with Crippen LogP contribution in [-0.4, -0.2) is 12.4 Å². The molecule has 0 heterocycles. The third kappa shape index (κ3) is 3.79. The van der Waals surface area contributed by atoms with E-state index in [1.807, 2.05) is 18.2 Å². The van der Waals surface area contributed by atoms with E-state index in [1.165, 1.54) is 0 Å². The Morgan fingerprint density at radius 1 is 1.21 bits per heavy atom. The minimum atomic E-state index is 0.524. The van der Waals surface area contributed by atoms with Crippen LogP contribution in [-0.2, 0) is 0 Å². The molecule has 0 bridgehead atoms. The van der Waals surface area contributed by atoms with Gasteiger partial charge in [-0.05, 0) is 18.2 Å². The molecule has 1 aromatic carbocycles. The number of alkyl halides is 1. The summed E-state index contributed by atoms with van der Waals surface area (Å²) in [4.78, 5) is 0. The van der Waals surface area contributed by atoms with Crippen molar-refractivity contribution >= 4 is 40.5 Å². The van der Waals surface area contributed by atoms with E-state index in [0.29, 0.717) is 22.5 Å². The first kappa shape index (κ1) is 11.7. The summed E-state index contributed by atoms with van der Waals surface area (Å²) >= 11 is 17.2. The van der Waals surface area contributed by atoms with E-state index in [0.717, 1.165) is 5.69 Å². The average molecular weight is 251 g/mol. The highest BCUT2D eigenvalue weighted by atomic mass is 35.5. The van der Waals surface area contributed by atoms with E-state index in [9.17, 15) is 0 Å². The first-order valence-electron chi connectivity index (χ1n) is 4.14. The molecule has 0 saturated heterocycles. The van der Waals surface area contributed by atoms with Gasteiger partial charge in [-0.2, -0.15) is 0 Å². The lowest BCUT2D eigenvalue weighted by atomic mass is 10.3. The van der Waals surface area contributed by atoms with Gasteiger partial charge in [0.05, 0.1) is 10.7 Å². The van der Waals surface area contributed by atoms with Crippen LogP contribution in [0.1, 0.15) is 0 Å². The SMILES string of the molecule is ClC/C=C/CNc1ccc(Cl)cc1Cl. The third-order valence-electron chi connectivity index (χ3n) is 1.60. The second kappa shape index (κ2) is 6.18. The second-order valence-corrected chi connectivity index (χ2v) is 3.78. The molecule has 14 heavy (non-hydrogen) atoms. The smallest absolute Gasteiger partial charge is 0.0652 e. The summed E-state index contributed by atoms with van der Waals surface area (Å²) in [6, 6.07) is 5.34. The molecule has 0 spiro atoms. The van der Waals surface area contributed by atoms with Gasteiger partial charge in [0, 0.05) is 17.4 Å². The fourth-order valence-corrected chi connectivity index (χ4v) is 1.55. The van der Waals surface area contributed by atoms with Crippen molar-refractivity contribution in [1.29, 1.82) is 0 Å². The molecule has 0 saturated carbocycles. The van der Waals surface area contributed by atoms with Crippen molar-refractivity contribution in [2.24, 2.45) is 0 Å². The summed E-state index contributed by atoms with van der Waals surface area (Å²) in [5.41, 5.74) is 0.871. The minimum Gasteiger partial charge on any atom is -0.380 e. The molecular weight excluding hydrogens is 240 g/mol. The van der Waals surface area contributed by atoms with Crippen LogP contribution in [0, 0.1) is 0 Å². The predicted octanol–water partition coefficient (Wildman–Crippen LogP) is 4.20. The van der Waals surface area contributed by atoms with E-state index < -0.39 is 0 Å². The molecule has 0 fully saturated rings. The number of anilines is 1. The molecule has 1 rings (SSSR count). The topological polar surface area (TPSA) is 12.0 Å². The fourth-order valence-electron chi connectivity index (χ4n) is 0.948. The number of nitrogens with one attached hydrogen (secondary N) is 1. The van der Waals surface area contributed by atoms with Gasteiger partial charge in [0.1, 0.15) is 0 Å². The largest absolute Gasteiger partial charge is 0.380 e. The molecule has 1 aromatic rings. The van der Waals surface area contributed by atoms with Crippen molar-refractivity contribution in [2.75, 3.05) is 17.7 Å². The van der Waals surface area contributed by atoms with E-state index in [1.54, 1.807) is 12.1 Å². The molecule has 0 radical (unpaired) electrons. The van der Waals surface area contributed by atoms with Gasteiger partial charge < -0.3 is 5.32 Å². The highest BCUT2D eigenvalue weighted by Gasteiger charge is 1.98. The quantitative estimate of drug-likeness (QED) is 0.624. The first-order chi connectivity index (χ1) is 6.74. The second-order valence-electron chi connectivity index (χ2n) is 2.63. The van der Waals surface area contributed by atoms with Gasteiger partial charge in [0.25, 0.3) is 0 Å². The van der Waals surface area contributed by atoms with Crippen LogP contribution in [0.4, 0.5) is 5.69 Å². The molecular formula is C10H10Cl3N. The monoisotopic (exact) mass is 249 g/mol. The summed E-state index contributed by atoms with van der Waals surface area (Å²) in [6.07, 6.45) is 3.82. The Balaban J connectivity index is 2.55. The van der Waals surface area contributed by atoms with Crippen molar-refractivity contribution in [1.82, 2.24) is 0 Å². The highest BCUT2D eigenvalue weighted by molar-refractivity contribution is 6.36. The van der Waals surface area contributed by atoms with Crippen LogP contribution in [0.25, 0.3) is 0 Å². The molecule has 0 aliphatic rings. The Bertz CT molecular complexity index is 323. The van der Waals surface area contributed by atoms with Gasteiger partial charge in [-0.1, -0.05) is 35.4 Å². The lowest BCUT2D eigenvalue weighted by molar-refractivity contribution is 1.33. The molecule has 0 unspecified atom stereocenters. The number of hydrogen-bond donors (Lipinski definition) is 1. The minimum absolute atomic E-state index is 0.524. The van der Waals surface area contributed by atoms with Crippen LogP contribution < -0.4 is 5.32 Å². The van der Waals surface area contributed by atoms with Crippen LogP contribution in [0.2, 0.25) is 10.0 Å². The first-order valence-corrected chi connectivity index (χ1v) is 5.43. The summed E-state index contributed by atoms with van der Waals surface area (Å²) in [6.45, 7) is 0.702. The van der Waals surface area contributed by atoms with Gasteiger partial charge in [-0.3, -0.25) is 0 Å². The zero-order valence-corrected chi connectivity index (χ0v) is 9.70. The fraction of sp³-hybridized carbons (Fsp3) is 0.200. The van der Waals surface area contributed by atoms with E-state index in [2.05, 4.69) is 5.32 Å². The zero-order chi connectivity index (χ0) is 10.4. The van der Waals surface area contributed by atoms with Crippen molar-refractivity contribution in [3.63, 3.8) is 0 Å². The van der Waals surface area contributed by atoms with Crippen molar-refractivity contribution in [3.8, 4) is 0 Å². The van der Waals surface area contributed by atoms with E-state index >= 15 is 0 Å². The molecule has 0 aromatic heterocycles. The maximum absolute atomic E-state index is 5.95. The summed E-state index contributed by atoms with van der Waals surface area (Å²) in [7, 11) is 0. The summed E-state index contributed by atoms with van der Waals surface area (Å²) < 4.78 is 0. The lowest BCUT2D eigenvalue weighted by Gasteiger charge is -2.05. The molecule has 0 aliphatic carbocycles. The Labute approximate surface area is 98.7 Å². The van der Waals surface area contributed by atoms with Crippen molar-refractivity contribution in [2.45, 2.75) is 0 Å². The maximum atomic E-state index is 5.95. The van der Waals surface area contributed by atoms with Gasteiger partial charge in [0.15, 0.2) is 0 Å². The molecule has 0 aliphatic heterocycles. The number of benzene rings is 1. The lowest BCUT2D eigenvalue weighted by Crippen LogP contribution is -1.98.